The number of nitrogens with two attached hydrogens (primary N) is 1. The Kier molecular flexibility index (Phi) is 5.26. The van der Waals surface area contributed by atoms with Gasteiger partial charge in [-0.2, -0.15) is 5.10 Å². The lowest BCUT2D eigenvalue weighted by atomic mass is 10.00. The predicted molar refractivity (Wildman–Crippen MR) is 121 cm³/mol. The number of carboxylic acids is 2. The molecular formula is C23H19N5O5. The number of aromatic carboxylic acids is 2. The van der Waals surface area contributed by atoms with Gasteiger partial charge in [0, 0.05) is 28.5 Å². The van der Waals surface area contributed by atoms with E-state index in [0.717, 1.165) is 28.6 Å². The molecule has 0 saturated carbocycles. The van der Waals surface area contributed by atoms with Gasteiger partial charge in [0.25, 0.3) is 5.91 Å². The van der Waals surface area contributed by atoms with Crippen molar-refractivity contribution >= 4 is 40.1 Å². The summed E-state index contributed by atoms with van der Waals surface area (Å²) in [5.41, 5.74) is 9.72. The van der Waals surface area contributed by atoms with Gasteiger partial charge in [0.05, 0.1) is 33.6 Å². The molecule has 33 heavy (non-hydrogen) atoms. The fraction of sp³-hybridized carbons (Fsp3) is 0.0870. The van der Waals surface area contributed by atoms with Gasteiger partial charge >= 0.3 is 11.9 Å². The number of aromatic amines is 1. The zero-order chi connectivity index (χ0) is 23.9. The number of nitrogens with zero attached hydrogens (tertiary/aromatic N) is 2. The summed E-state index contributed by atoms with van der Waals surface area (Å²) in [6.45, 7) is 3.79. The lowest BCUT2D eigenvalue weighted by molar-refractivity contribution is 0.0696. The number of aryl methyl sites for hydroxylation is 2. The van der Waals surface area contributed by atoms with Crippen LogP contribution in [0.4, 0.5) is 11.4 Å². The average molecular weight is 445 g/mol. The Balaban J connectivity index is 1.89. The van der Waals surface area contributed by atoms with Gasteiger partial charge in [-0.25, -0.2) is 9.59 Å². The standard InChI is InChI=1S/C23H19N5O5/c1-10-19(11(2)28-27-10)12-3-4-16-18(8-12)25-9-17(21(24)29)20(16)26-15-6-13(22(30)31)5-14(7-15)23(32)33/h3-9H,1-2H3,(H2,24,29)(H,25,26)(H,27,28)(H,30,31)(H,32,33). The van der Waals surface area contributed by atoms with Crippen molar-refractivity contribution in [3.63, 3.8) is 0 Å². The number of anilines is 2. The van der Waals surface area contributed by atoms with Gasteiger partial charge in [0.15, 0.2) is 0 Å². The van der Waals surface area contributed by atoms with Gasteiger partial charge in [0.1, 0.15) is 0 Å². The summed E-state index contributed by atoms with van der Waals surface area (Å²) in [5.74, 6) is -3.32. The van der Waals surface area contributed by atoms with Crippen LogP contribution >= 0.6 is 0 Å². The lowest BCUT2D eigenvalue weighted by Crippen LogP contribution is -2.14. The number of H-pyrrole nitrogens is 1. The number of fused-ring (bicyclic) bond motifs is 1. The Labute approximate surface area is 187 Å². The van der Waals surface area contributed by atoms with Crippen molar-refractivity contribution in [2.24, 2.45) is 5.73 Å². The third kappa shape index (κ3) is 3.97. The molecule has 0 radical (unpaired) electrons. The molecule has 0 aliphatic heterocycles. The van der Waals surface area contributed by atoms with E-state index in [-0.39, 0.29) is 22.4 Å². The normalized spacial score (nSPS) is 10.8. The van der Waals surface area contributed by atoms with Crippen molar-refractivity contribution in [3.8, 4) is 11.1 Å². The van der Waals surface area contributed by atoms with Crippen LogP contribution in [0.5, 0.6) is 0 Å². The predicted octanol–water partition coefficient (Wildman–Crippen LogP) is 3.48. The second-order valence-corrected chi connectivity index (χ2v) is 7.49. The largest absolute Gasteiger partial charge is 0.478 e. The Bertz CT molecular complexity index is 1410. The summed E-state index contributed by atoms with van der Waals surface area (Å²) < 4.78 is 0. The molecule has 0 unspecified atom stereocenters. The number of carboxylic acid groups (broad SMARTS) is 2. The molecule has 0 bridgehead atoms. The second kappa shape index (κ2) is 8.08. The van der Waals surface area contributed by atoms with E-state index in [9.17, 15) is 24.6 Å². The van der Waals surface area contributed by atoms with Crippen LogP contribution in [0.15, 0.2) is 42.6 Å². The van der Waals surface area contributed by atoms with Crippen molar-refractivity contribution in [1.82, 2.24) is 15.2 Å². The molecule has 2 heterocycles. The fourth-order valence-corrected chi connectivity index (χ4v) is 3.74. The van der Waals surface area contributed by atoms with Crippen molar-refractivity contribution in [2.75, 3.05) is 5.32 Å². The molecule has 2 aromatic carbocycles. The molecule has 0 aliphatic carbocycles. The summed E-state index contributed by atoms with van der Waals surface area (Å²) in [6.07, 6.45) is 1.32. The average Bonchev–Trinajstić information content (AvgIpc) is 3.10. The first kappa shape index (κ1) is 21.5. The van der Waals surface area contributed by atoms with Gasteiger partial charge < -0.3 is 21.3 Å². The summed E-state index contributed by atoms with van der Waals surface area (Å²) >= 11 is 0. The molecule has 4 aromatic rings. The van der Waals surface area contributed by atoms with Crippen molar-refractivity contribution in [1.29, 1.82) is 0 Å². The third-order valence-electron chi connectivity index (χ3n) is 5.25. The molecular weight excluding hydrogens is 426 g/mol. The molecule has 166 valence electrons. The van der Waals surface area contributed by atoms with E-state index in [1.165, 1.54) is 18.3 Å². The number of primary amides is 1. The number of rotatable bonds is 6. The Hall–Kier alpha value is -4.73. The first-order chi connectivity index (χ1) is 15.7. The summed E-state index contributed by atoms with van der Waals surface area (Å²) in [6, 6.07) is 9.05. The van der Waals surface area contributed by atoms with Gasteiger partial charge in [0.2, 0.25) is 0 Å². The highest BCUT2D eigenvalue weighted by atomic mass is 16.4. The molecule has 2 aromatic heterocycles. The SMILES string of the molecule is Cc1n[nH]c(C)c1-c1ccc2c(Nc3cc(C(=O)O)cc(C(=O)O)c3)c(C(N)=O)cnc2c1. The van der Waals surface area contributed by atoms with E-state index < -0.39 is 17.8 Å². The number of nitrogens with one attached hydrogen (secondary N) is 2. The zero-order valence-electron chi connectivity index (χ0n) is 17.6. The molecule has 0 spiro atoms. The monoisotopic (exact) mass is 445 g/mol. The summed E-state index contributed by atoms with van der Waals surface area (Å²) in [7, 11) is 0. The Morgan fingerprint density at radius 1 is 1.00 bits per heavy atom. The topological polar surface area (TPSA) is 171 Å². The first-order valence-electron chi connectivity index (χ1n) is 9.79. The summed E-state index contributed by atoms with van der Waals surface area (Å²) in [4.78, 5) is 39.4. The van der Waals surface area contributed by atoms with Crippen LogP contribution in [0.1, 0.15) is 42.5 Å². The Morgan fingerprint density at radius 2 is 1.67 bits per heavy atom. The molecule has 1 amide bonds. The number of amides is 1. The third-order valence-corrected chi connectivity index (χ3v) is 5.25. The number of hydrogen-bond donors (Lipinski definition) is 5. The lowest BCUT2D eigenvalue weighted by Gasteiger charge is -2.15. The van der Waals surface area contributed by atoms with Gasteiger partial charge in [-0.3, -0.25) is 14.9 Å². The van der Waals surface area contributed by atoms with Crippen LogP contribution in [-0.4, -0.2) is 43.2 Å². The van der Waals surface area contributed by atoms with Crippen LogP contribution in [0.3, 0.4) is 0 Å². The Morgan fingerprint density at radius 3 is 2.21 bits per heavy atom. The molecule has 0 atom stereocenters. The maximum atomic E-state index is 12.1. The van der Waals surface area contributed by atoms with E-state index in [4.69, 9.17) is 5.73 Å². The number of benzene rings is 2. The minimum absolute atomic E-state index is 0.0727. The van der Waals surface area contributed by atoms with Gasteiger partial charge in [-0.05, 0) is 43.7 Å². The molecule has 10 heteroatoms. The molecule has 0 saturated heterocycles. The van der Waals surface area contributed by atoms with Gasteiger partial charge in [-0.1, -0.05) is 12.1 Å². The van der Waals surface area contributed by atoms with E-state index in [1.54, 1.807) is 6.07 Å². The minimum atomic E-state index is -1.29. The molecule has 0 fully saturated rings. The maximum Gasteiger partial charge on any atom is 0.335 e. The minimum Gasteiger partial charge on any atom is -0.478 e. The fourth-order valence-electron chi connectivity index (χ4n) is 3.74. The van der Waals surface area contributed by atoms with E-state index in [2.05, 4.69) is 20.5 Å². The van der Waals surface area contributed by atoms with Crippen molar-refractivity contribution in [2.45, 2.75) is 13.8 Å². The number of carbonyl (C=O) groups excluding carboxylic acids is 1. The molecule has 6 N–H and O–H groups in total. The van der Waals surface area contributed by atoms with Crippen LogP contribution in [0, 0.1) is 13.8 Å². The quantitative estimate of drug-likeness (QED) is 0.300. The molecule has 10 nitrogen and oxygen atoms in total. The van der Waals surface area contributed by atoms with Crippen molar-refractivity contribution < 1.29 is 24.6 Å². The van der Waals surface area contributed by atoms with Crippen LogP contribution < -0.4 is 11.1 Å². The number of carbonyl (C=O) groups is 3. The summed E-state index contributed by atoms with van der Waals surface area (Å²) in [5, 5.41) is 29.4. The number of hydrogen-bond acceptors (Lipinski definition) is 6. The van der Waals surface area contributed by atoms with E-state index in [1.807, 2.05) is 26.0 Å². The highest BCUT2D eigenvalue weighted by Gasteiger charge is 2.18. The number of aromatic nitrogens is 3. The number of pyridine rings is 1. The second-order valence-electron chi connectivity index (χ2n) is 7.49. The van der Waals surface area contributed by atoms with Crippen LogP contribution in [0.25, 0.3) is 22.0 Å². The highest BCUT2D eigenvalue weighted by molar-refractivity contribution is 6.08. The zero-order valence-corrected chi connectivity index (χ0v) is 17.6. The van der Waals surface area contributed by atoms with Gasteiger partial charge in [-0.15, -0.1) is 0 Å². The first-order valence-corrected chi connectivity index (χ1v) is 9.79. The molecule has 0 aliphatic rings. The van der Waals surface area contributed by atoms with E-state index in [0.29, 0.717) is 16.6 Å². The van der Waals surface area contributed by atoms with Crippen LogP contribution in [0.2, 0.25) is 0 Å². The highest BCUT2D eigenvalue weighted by Crippen LogP contribution is 2.34. The maximum absolute atomic E-state index is 12.1. The smallest absolute Gasteiger partial charge is 0.335 e. The van der Waals surface area contributed by atoms with E-state index >= 15 is 0 Å². The van der Waals surface area contributed by atoms with Crippen molar-refractivity contribution in [3.05, 3.63) is 70.7 Å². The molecule has 4 rings (SSSR count). The van der Waals surface area contributed by atoms with Crippen LogP contribution in [-0.2, 0) is 0 Å².